The summed E-state index contributed by atoms with van der Waals surface area (Å²) in [5.41, 5.74) is 4.47. The lowest BCUT2D eigenvalue weighted by molar-refractivity contribution is 0.0936. The summed E-state index contributed by atoms with van der Waals surface area (Å²) in [4.78, 5) is 23.0. The van der Waals surface area contributed by atoms with Crippen LogP contribution in [0.3, 0.4) is 0 Å². The highest BCUT2D eigenvalue weighted by Crippen LogP contribution is 2.28. The number of nitrogens with one attached hydrogen (secondary N) is 1. The van der Waals surface area contributed by atoms with E-state index in [-0.39, 0.29) is 21.9 Å². The number of anilines is 1. The minimum Gasteiger partial charge on any atom is -0.298 e. The van der Waals surface area contributed by atoms with Crippen LogP contribution in [-0.4, -0.2) is 65.9 Å². The fraction of sp³-hybridized carbons (Fsp3) is 0.462. The summed E-state index contributed by atoms with van der Waals surface area (Å²) in [6.45, 7) is 6.62. The Kier molecular flexibility index (Phi) is 7.93. The average molecular weight is 609 g/mol. The van der Waals surface area contributed by atoms with Crippen LogP contribution in [0.5, 0.6) is 0 Å². The highest BCUT2D eigenvalue weighted by molar-refractivity contribution is 9.10. The lowest BCUT2D eigenvalue weighted by Crippen LogP contribution is -2.49. The number of hydrogen-bond donors (Lipinski definition) is 1. The lowest BCUT2D eigenvalue weighted by atomic mass is 10.1. The van der Waals surface area contributed by atoms with Gasteiger partial charge in [-0.1, -0.05) is 47.3 Å². The van der Waals surface area contributed by atoms with E-state index >= 15 is 0 Å². The highest BCUT2D eigenvalue weighted by atomic mass is 79.9. The smallest absolute Gasteiger partial charge is 0.280 e. The minimum absolute atomic E-state index is 0.0699. The Balaban J connectivity index is 1.36. The molecule has 1 saturated heterocycles. The number of benzene rings is 2. The molecule has 0 unspecified atom stereocenters. The molecular weight excluding hydrogens is 578 g/mol. The van der Waals surface area contributed by atoms with Crippen LogP contribution in [0, 0.1) is 0 Å². The van der Waals surface area contributed by atoms with Crippen molar-refractivity contribution in [2.24, 2.45) is 0 Å². The van der Waals surface area contributed by atoms with Crippen LogP contribution in [-0.2, 0) is 16.4 Å². The zero-order chi connectivity index (χ0) is 26.2. The molecule has 37 heavy (non-hydrogen) atoms. The van der Waals surface area contributed by atoms with Crippen molar-refractivity contribution in [1.82, 2.24) is 19.5 Å². The maximum Gasteiger partial charge on any atom is 0.280 e. The van der Waals surface area contributed by atoms with E-state index in [2.05, 4.69) is 36.1 Å². The van der Waals surface area contributed by atoms with E-state index in [1.54, 1.807) is 13.0 Å². The number of sulfone groups is 1. The average Bonchev–Trinajstić information content (AvgIpc) is 3.42. The fourth-order valence-electron chi connectivity index (χ4n) is 5.33. The lowest BCUT2D eigenvalue weighted by Gasteiger charge is -2.38. The van der Waals surface area contributed by atoms with E-state index in [0.717, 1.165) is 48.8 Å². The predicted molar refractivity (Wildman–Crippen MR) is 151 cm³/mol. The summed E-state index contributed by atoms with van der Waals surface area (Å²) in [6.07, 6.45) is 6.77. The number of nitrogens with zero attached hydrogens (tertiary/aromatic N) is 4. The highest BCUT2D eigenvalue weighted by Gasteiger charge is 2.26. The Morgan fingerprint density at radius 2 is 1.84 bits per heavy atom. The maximum atomic E-state index is 13.3. The van der Waals surface area contributed by atoms with Gasteiger partial charge in [-0.2, -0.15) is 0 Å². The number of halogens is 2. The van der Waals surface area contributed by atoms with Crippen LogP contribution in [0.2, 0.25) is 5.02 Å². The third kappa shape index (κ3) is 5.73. The Morgan fingerprint density at radius 1 is 1.11 bits per heavy atom. The van der Waals surface area contributed by atoms with E-state index in [1.807, 2.05) is 6.07 Å². The summed E-state index contributed by atoms with van der Waals surface area (Å²) in [7, 11) is -3.53. The van der Waals surface area contributed by atoms with Gasteiger partial charge in [0.15, 0.2) is 9.84 Å². The SMILES string of the molecule is CCS(=O)(=O)c1ccc(Cl)cc1Nn1cnc2cc(CN3CCN(C4CCCC4)CC3)c(Br)cc2c1=O. The van der Waals surface area contributed by atoms with Crippen LogP contribution >= 0.6 is 27.5 Å². The van der Waals surface area contributed by atoms with Crippen molar-refractivity contribution in [3.8, 4) is 0 Å². The molecule has 2 fully saturated rings. The summed E-state index contributed by atoms with van der Waals surface area (Å²) >= 11 is 9.78. The van der Waals surface area contributed by atoms with Crippen molar-refractivity contribution in [3.05, 3.63) is 62.1 Å². The van der Waals surface area contributed by atoms with Crippen molar-refractivity contribution in [2.75, 3.05) is 37.4 Å². The summed E-state index contributed by atoms with van der Waals surface area (Å²) in [5, 5.41) is 0.786. The molecular formula is C26H31BrClN5O3S. The molecule has 8 nitrogen and oxygen atoms in total. The van der Waals surface area contributed by atoms with Crippen LogP contribution in [0.15, 0.2) is 50.8 Å². The van der Waals surface area contributed by atoms with Crippen molar-refractivity contribution in [3.63, 3.8) is 0 Å². The van der Waals surface area contributed by atoms with Crippen LogP contribution in [0.4, 0.5) is 5.69 Å². The molecule has 0 radical (unpaired) electrons. The number of fused-ring (bicyclic) bond motifs is 1. The first-order valence-electron chi connectivity index (χ1n) is 12.7. The van der Waals surface area contributed by atoms with Crippen molar-refractivity contribution >= 4 is 54.0 Å². The standard InChI is InChI=1S/C26H31BrClN5O3S/c1-2-37(35,36)25-8-7-19(28)14-24(25)30-33-17-29-23-13-18(22(27)15-21(23)26(33)34)16-31-9-11-32(12-10-31)20-5-3-4-6-20/h7-8,13-15,17,20,30H,2-6,9-12,16H2,1H3. The summed E-state index contributed by atoms with van der Waals surface area (Å²) in [5.74, 6) is -0.0699. The van der Waals surface area contributed by atoms with E-state index < -0.39 is 9.84 Å². The van der Waals surface area contributed by atoms with Gasteiger partial charge >= 0.3 is 0 Å². The van der Waals surface area contributed by atoms with Crippen molar-refractivity contribution in [2.45, 2.75) is 50.1 Å². The second-order valence-electron chi connectivity index (χ2n) is 9.79. The Labute approximate surface area is 230 Å². The number of piperazine rings is 1. The Hall–Kier alpha value is -1.98. The molecule has 1 N–H and O–H groups in total. The number of rotatable bonds is 7. The fourth-order valence-corrected chi connectivity index (χ4v) is 7.00. The molecule has 11 heteroatoms. The molecule has 1 saturated carbocycles. The first-order valence-corrected chi connectivity index (χ1v) is 15.5. The Morgan fingerprint density at radius 3 is 2.54 bits per heavy atom. The molecule has 1 aliphatic heterocycles. The van der Waals surface area contributed by atoms with Crippen LogP contribution in [0.1, 0.15) is 38.2 Å². The third-order valence-corrected chi connectivity index (χ3v) is 10.2. The van der Waals surface area contributed by atoms with E-state index in [4.69, 9.17) is 11.6 Å². The first-order chi connectivity index (χ1) is 17.7. The second kappa shape index (κ2) is 11.0. The zero-order valence-corrected chi connectivity index (χ0v) is 23.9. The van der Waals surface area contributed by atoms with Crippen molar-refractivity contribution in [1.29, 1.82) is 0 Å². The van der Waals surface area contributed by atoms with Gasteiger partial charge < -0.3 is 0 Å². The largest absolute Gasteiger partial charge is 0.298 e. The van der Waals surface area contributed by atoms with Crippen LogP contribution in [0.25, 0.3) is 10.9 Å². The number of aromatic nitrogens is 2. The van der Waals surface area contributed by atoms with Gasteiger partial charge in [-0.25, -0.2) is 18.1 Å². The normalized spacial score (nSPS) is 18.0. The van der Waals surface area contributed by atoms with Gasteiger partial charge in [0, 0.05) is 48.3 Å². The molecule has 1 aromatic heterocycles. The monoisotopic (exact) mass is 607 g/mol. The molecule has 2 aliphatic rings. The topological polar surface area (TPSA) is 87.5 Å². The van der Waals surface area contributed by atoms with E-state index in [1.165, 1.54) is 54.9 Å². The minimum atomic E-state index is -3.53. The van der Waals surface area contributed by atoms with Gasteiger partial charge in [-0.15, -0.1) is 0 Å². The molecule has 5 rings (SSSR count). The molecule has 3 aromatic rings. The molecule has 0 spiro atoms. The third-order valence-electron chi connectivity index (χ3n) is 7.47. The molecule has 1 aliphatic carbocycles. The molecule has 2 aromatic carbocycles. The Bertz CT molecular complexity index is 1470. The van der Waals surface area contributed by atoms with Crippen molar-refractivity contribution < 1.29 is 8.42 Å². The second-order valence-corrected chi connectivity index (χ2v) is 13.3. The van der Waals surface area contributed by atoms with Gasteiger partial charge in [0.05, 0.1) is 27.2 Å². The van der Waals surface area contributed by atoms with Gasteiger partial charge in [0.1, 0.15) is 6.33 Å². The van der Waals surface area contributed by atoms with E-state index in [9.17, 15) is 13.2 Å². The molecule has 2 heterocycles. The molecule has 0 bridgehead atoms. The first kappa shape index (κ1) is 26.6. The molecule has 198 valence electrons. The zero-order valence-electron chi connectivity index (χ0n) is 20.8. The van der Waals surface area contributed by atoms with Gasteiger partial charge in [-0.05, 0) is 48.7 Å². The summed E-state index contributed by atoms with van der Waals surface area (Å²) < 4.78 is 27.1. The van der Waals surface area contributed by atoms with Crippen LogP contribution < -0.4 is 11.0 Å². The predicted octanol–water partition coefficient (Wildman–Crippen LogP) is 4.54. The quantitative estimate of drug-likeness (QED) is 0.421. The number of hydrogen-bond acceptors (Lipinski definition) is 7. The van der Waals surface area contributed by atoms with Gasteiger partial charge in [0.2, 0.25) is 0 Å². The summed E-state index contributed by atoms with van der Waals surface area (Å²) in [6, 6.07) is 8.98. The maximum absolute atomic E-state index is 13.3. The van der Waals surface area contributed by atoms with E-state index in [0.29, 0.717) is 15.9 Å². The molecule has 0 atom stereocenters. The van der Waals surface area contributed by atoms with Gasteiger partial charge in [-0.3, -0.25) is 20.0 Å². The van der Waals surface area contributed by atoms with Gasteiger partial charge in [0.25, 0.3) is 5.56 Å². The molecule has 0 amide bonds.